The van der Waals surface area contributed by atoms with Gasteiger partial charge in [0.2, 0.25) is 5.91 Å². The summed E-state index contributed by atoms with van der Waals surface area (Å²) in [6.07, 6.45) is 0.359. The van der Waals surface area contributed by atoms with Crippen molar-refractivity contribution in [3.05, 3.63) is 0 Å². The lowest BCUT2D eigenvalue weighted by Gasteiger charge is -2.27. The van der Waals surface area contributed by atoms with Crippen LogP contribution in [-0.2, 0) is 14.4 Å². The number of carbonyl (C=O) groups is 2. The monoisotopic (exact) mass is 199 g/mol. The molecular formula is C10H17NO3. The molecule has 1 aliphatic heterocycles. The quantitative estimate of drug-likeness (QED) is 0.685. The molecule has 1 atom stereocenters. The highest BCUT2D eigenvalue weighted by atomic mass is 16.7. The van der Waals surface area contributed by atoms with Gasteiger partial charge in [-0.1, -0.05) is 13.8 Å². The van der Waals surface area contributed by atoms with E-state index < -0.39 is 5.60 Å². The molecule has 0 spiro atoms. The number of rotatable bonds is 3. The summed E-state index contributed by atoms with van der Waals surface area (Å²) in [5.74, 6) is 0.0890. The molecule has 80 valence electrons. The highest BCUT2D eigenvalue weighted by Gasteiger charge is 2.43. The number of amides is 1. The summed E-state index contributed by atoms with van der Waals surface area (Å²) in [6, 6.07) is 0. The third-order valence-corrected chi connectivity index (χ3v) is 2.69. The van der Waals surface area contributed by atoms with E-state index in [4.69, 9.17) is 4.84 Å². The van der Waals surface area contributed by atoms with E-state index in [1.54, 1.807) is 0 Å². The average molecular weight is 199 g/mol. The number of ketones is 1. The molecule has 1 rings (SSSR count). The van der Waals surface area contributed by atoms with Crippen LogP contribution in [-0.4, -0.2) is 28.9 Å². The van der Waals surface area contributed by atoms with Crippen LogP contribution < -0.4 is 0 Å². The molecule has 0 bridgehead atoms. The van der Waals surface area contributed by atoms with E-state index in [9.17, 15) is 9.59 Å². The van der Waals surface area contributed by atoms with Gasteiger partial charge in [-0.25, -0.2) is 5.06 Å². The molecule has 1 unspecified atom stereocenters. The summed E-state index contributed by atoms with van der Waals surface area (Å²) < 4.78 is 0. The topological polar surface area (TPSA) is 46.6 Å². The van der Waals surface area contributed by atoms with Crippen molar-refractivity contribution in [1.29, 1.82) is 0 Å². The molecule has 1 saturated heterocycles. The van der Waals surface area contributed by atoms with Gasteiger partial charge >= 0.3 is 0 Å². The highest BCUT2D eigenvalue weighted by molar-refractivity contribution is 5.85. The lowest BCUT2D eigenvalue weighted by atomic mass is 9.90. The van der Waals surface area contributed by atoms with Gasteiger partial charge in [-0.05, 0) is 19.8 Å². The molecule has 0 saturated carbocycles. The Hall–Kier alpha value is -0.900. The van der Waals surface area contributed by atoms with Crippen molar-refractivity contribution in [1.82, 2.24) is 5.06 Å². The predicted molar refractivity (Wildman–Crippen MR) is 51.3 cm³/mol. The number of hydrogen-bond acceptors (Lipinski definition) is 3. The van der Waals surface area contributed by atoms with Gasteiger partial charge in [0.25, 0.3) is 0 Å². The Morgan fingerprint density at radius 1 is 1.64 bits per heavy atom. The summed E-state index contributed by atoms with van der Waals surface area (Å²) in [6.45, 7) is 7.41. The van der Waals surface area contributed by atoms with Gasteiger partial charge in [-0.15, -0.1) is 0 Å². The fourth-order valence-electron chi connectivity index (χ4n) is 1.36. The van der Waals surface area contributed by atoms with E-state index in [1.807, 2.05) is 20.8 Å². The molecule has 0 aromatic carbocycles. The Morgan fingerprint density at radius 3 is 2.57 bits per heavy atom. The molecule has 0 radical (unpaired) electrons. The fraction of sp³-hybridized carbons (Fsp3) is 0.800. The Labute approximate surface area is 84.2 Å². The van der Waals surface area contributed by atoms with Crippen molar-refractivity contribution in [3.63, 3.8) is 0 Å². The lowest BCUT2D eigenvalue weighted by molar-refractivity contribution is -0.205. The molecule has 0 aromatic heterocycles. The van der Waals surface area contributed by atoms with Crippen molar-refractivity contribution < 1.29 is 14.4 Å². The molecular weight excluding hydrogens is 182 g/mol. The van der Waals surface area contributed by atoms with Crippen molar-refractivity contribution in [2.45, 2.75) is 39.7 Å². The summed E-state index contributed by atoms with van der Waals surface area (Å²) in [5, 5.41) is 1.18. The van der Waals surface area contributed by atoms with E-state index in [0.29, 0.717) is 6.42 Å². The van der Waals surface area contributed by atoms with Crippen molar-refractivity contribution in [2.24, 2.45) is 5.92 Å². The second kappa shape index (κ2) is 3.69. The Bertz CT molecular complexity index is 262. The number of nitrogens with zero attached hydrogens (tertiary/aromatic N) is 1. The minimum absolute atomic E-state index is 0.0567. The van der Waals surface area contributed by atoms with Crippen LogP contribution in [0.2, 0.25) is 0 Å². The Morgan fingerprint density at radius 2 is 2.21 bits per heavy atom. The zero-order valence-corrected chi connectivity index (χ0v) is 9.16. The van der Waals surface area contributed by atoms with Crippen LogP contribution >= 0.6 is 0 Å². The van der Waals surface area contributed by atoms with E-state index in [0.717, 1.165) is 0 Å². The van der Waals surface area contributed by atoms with Crippen LogP contribution in [0.5, 0.6) is 0 Å². The van der Waals surface area contributed by atoms with Crippen LogP contribution in [0.15, 0.2) is 0 Å². The number of Topliss-reactive ketones (excluding diaryl/α,β-unsaturated/α-hetero) is 1. The molecule has 4 heteroatoms. The van der Waals surface area contributed by atoms with Gasteiger partial charge in [0, 0.05) is 0 Å². The SMILES string of the molecule is CC(=O)CN1OC(C)(C(C)C)CC1=O. The van der Waals surface area contributed by atoms with Crippen molar-refractivity contribution in [3.8, 4) is 0 Å². The van der Waals surface area contributed by atoms with Crippen LogP contribution in [0.4, 0.5) is 0 Å². The van der Waals surface area contributed by atoms with Gasteiger partial charge in [0.15, 0.2) is 5.78 Å². The summed E-state index contributed by atoms with van der Waals surface area (Å²) in [5.41, 5.74) is -0.452. The first-order chi connectivity index (χ1) is 6.35. The zero-order valence-electron chi connectivity index (χ0n) is 9.16. The Balaban J connectivity index is 2.68. The lowest BCUT2D eigenvalue weighted by Crippen LogP contribution is -2.34. The third-order valence-electron chi connectivity index (χ3n) is 2.69. The normalized spacial score (nSPS) is 27.5. The van der Waals surface area contributed by atoms with E-state index in [1.165, 1.54) is 12.0 Å². The fourth-order valence-corrected chi connectivity index (χ4v) is 1.36. The minimum atomic E-state index is -0.452. The van der Waals surface area contributed by atoms with Gasteiger partial charge < -0.3 is 0 Å². The van der Waals surface area contributed by atoms with Crippen LogP contribution in [0.1, 0.15) is 34.1 Å². The van der Waals surface area contributed by atoms with Crippen molar-refractivity contribution in [2.75, 3.05) is 6.54 Å². The maximum atomic E-state index is 11.5. The van der Waals surface area contributed by atoms with Crippen molar-refractivity contribution >= 4 is 11.7 Å². The molecule has 0 aromatic rings. The van der Waals surface area contributed by atoms with E-state index >= 15 is 0 Å². The molecule has 1 amide bonds. The molecule has 0 aliphatic carbocycles. The first kappa shape index (κ1) is 11.2. The molecule has 14 heavy (non-hydrogen) atoms. The second-order valence-electron chi connectivity index (χ2n) is 4.37. The van der Waals surface area contributed by atoms with E-state index in [2.05, 4.69) is 0 Å². The zero-order chi connectivity index (χ0) is 10.9. The molecule has 4 nitrogen and oxygen atoms in total. The largest absolute Gasteiger partial charge is 0.298 e. The van der Waals surface area contributed by atoms with Gasteiger partial charge in [-0.2, -0.15) is 0 Å². The van der Waals surface area contributed by atoms with Crippen LogP contribution in [0.25, 0.3) is 0 Å². The minimum Gasteiger partial charge on any atom is -0.298 e. The average Bonchev–Trinajstić information content (AvgIpc) is 2.27. The first-order valence-electron chi connectivity index (χ1n) is 4.84. The van der Waals surface area contributed by atoms with Crippen LogP contribution in [0.3, 0.4) is 0 Å². The van der Waals surface area contributed by atoms with Crippen LogP contribution in [0, 0.1) is 5.92 Å². The smallest absolute Gasteiger partial charge is 0.249 e. The number of hydroxylamine groups is 2. The van der Waals surface area contributed by atoms with Gasteiger partial charge in [-0.3, -0.25) is 14.4 Å². The van der Waals surface area contributed by atoms with Gasteiger partial charge in [0.05, 0.1) is 6.42 Å². The number of hydrogen-bond donors (Lipinski definition) is 0. The standard InChI is InChI=1S/C10H17NO3/c1-7(2)10(4)5-9(13)11(14-10)6-8(3)12/h7H,5-6H2,1-4H3. The molecule has 0 N–H and O–H groups in total. The maximum absolute atomic E-state index is 11.5. The number of carbonyl (C=O) groups excluding carboxylic acids is 2. The molecule has 1 heterocycles. The summed E-state index contributed by atoms with van der Waals surface area (Å²) >= 11 is 0. The second-order valence-corrected chi connectivity index (χ2v) is 4.37. The first-order valence-corrected chi connectivity index (χ1v) is 4.84. The van der Waals surface area contributed by atoms with Gasteiger partial charge in [0.1, 0.15) is 12.1 Å². The highest BCUT2D eigenvalue weighted by Crippen LogP contribution is 2.32. The summed E-state index contributed by atoms with van der Waals surface area (Å²) in [7, 11) is 0. The Kier molecular flexibility index (Phi) is 2.95. The third kappa shape index (κ3) is 2.12. The molecule has 1 aliphatic rings. The van der Waals surface area contributed by atoms with E-state index in [-0.39, 0.29) is 24.2 Å². The molecule has 1 fully saturated rings. The predicted octanol–water partition coefficient (Wildman–Crippen LogP) is 1.15. The maximum Gasteiger partial charge on any atom is 0.249 e. The summed E-state index contributed by atoms with van der Waals surface area (Å²) in [4.78, 5) is 27.8.